The van der Waals surface area contributed by atoms with Crippen molar-refractivity contribution in [1.29, 1.82) is 0 Å². The van der Waals surface area contributed by atoms with Crippen LogP contribution in [0.3, 0.4) is 0 Å². The lowest BCUT2D eigenvalue weighted by Gasteiger charge is -2.06. The molecule has 0 saturated heterocycles. The van der Waals surface area contributed by atoms with Gasteiger partial charge < -0.3 is 4.74 Å². The Morgan fingerprint density at radius 3 is 2.82 bits per heavy atom. The van der Waals surface area contributed by atoms with Gasteiger partial charge in [-0.3, -0.25) is 10.1 Å². The molecule has 86 valence electrons. The quantitative estimate of drug-likeness (QED) is 0.600. The zero-order valence-electron chi connectivity index (χ0n) is 9.16. The molecule has 0 amide bonds. The summed E-state index contributed by atoms with van der Waals surface area (Å²) in [5.41, 5.74) is 1.50. The van der Waals surface area contributed by atoms with Crippen molar-refractivity contribution in [2.45, 2.75) is 0 Å². The van der Waals surface area contributed by atoms with Gasteiger partial charge >= 0.3 is 0 Å². The summed E-state index contributed by atoms with van der Waals surface area (Å²) < 4.78 is 5.12. The highest BCUT2D eigenvalue weighted by atomic mass is 16.6. The minimum atomic E-state index is -0.424. The Morgan fingerprint density at radius 2 is 2.12 bits per heavy atom. The molecule has 1 aromatic heterocycles. The number of benzene rings is 1. The molecule has 0 radical (unpaired) electrons. The zero-order valence-corrected chi connectivity index (χ0v) is 9.16. The highest BCUT2D eigenvalue weighted by Crippen LogP contribution is 2.29. The molecule has 0 bridgehead atoms. The van der Waals surface area contributed by atoms with Gasteiger partial charge in [0.1, 0.15) is 0 Å². The third-order valence-corrected chi connectivity index (χ3v) is 2.33. The molecule has 2 rings (SSSR count). The molecule has 5 heteroatoms. The fourth-order valence-corrected chi connectivity index (χ4v) is 1.56. The summed E-state index contributed by atoms with van der Waals surface area (Å²) in [5, 5.41) is 10.7. The Kier molecular flexibility index (Phi) is 3.00. The van der Waals surface area contributed by atoms with E-state index in [9.17, 15) is 10.1 Å². The summed E-state index contributed by atoms with van der Waals surface area (Å²) in [6, 6.07) is 9.94. The first-order valence-corrected chi connectivity index (χ1v) is 4.96. The summed E-state index contributed by atoms with van der Waals surface area (Å²) in [5.74, 6) is 0.452. The lowest BCUT2D eigenvalue weighted by molar-refractivity contribution is -0.384. The van der Waals surface area contributed by atoms with Gasteiger partial charge in [-0.25, -0.2) is 4.98 Å². The number of hydrogen-bond donors (Lipinski definition) is 0. The maximum atomic E-state index is 10.7. The summed E-state index contributed by atoms with van der Waals surface area (Å²) in [7, 11) is 1.52. The number of nitro benzene ring substituents is 1. The monoisotopic (exact) mass is 230 g/mol. The highest BCUT2D eigenvalue weighted by Gasteiger charge is 2.10. The maximum Gasteiger partial charge on any atom is 0.270 e. The van der Waals surface area contributed by atoms with Crippen LogP contribution in [-0.2, 0) is 0 Å². The molecule has 0 aliphatic heterocycles. The van der Waals surface area contributed by atoms with E-state index in [0.29, 0.717) is 11.4 Å². The third-order valence-electron chi connectivity index (χ3n) is 2.33. The van der Waals surface area contributed by atoms with Gasteiger partial charge in [-0.2, -0.15) is 0 Å². The Hall–Kier alpha value is -2.43. The summed E-state index contributed by atoms with van der Waals surface area (Å²) in [6.07, 6.45) is 1.61. The second-order valence-electron chi connectivity index (χ2n) is 3.37. The normalized spacial score (nSPS) is 9.94. The lowest BCUT2D eigenvalue weighted by Crippen LogP contribution is -1.92. The molecule has 1 aromatic carbocycles. The molecule has 0 atom stereocenters. The van der Waals surface area contributed by atoms with E-state index in [-0.39, 0.29) is 5.69 Å². The Bertz CT molecular complexity index is 555. The van der Waals surface area contributed by atoms with Crippen LogP contribution in [-0.4, -0.2) is 17.0 Å². The highest BCUT2D eigenvalue weighted by molar-refractivity contribution is 5.70. The van der Waals surface area contributed by atoms with Crippen molar-refractivity contribution in [2.75, 3.05) is 7.11 Å². The van der Waals surface area contributed by atoms with E-state index in [1.165, 1.54) is 19.2 Å². The first-order valence-electron chi connectivity index (χ1n) is 4.96. The lowest BCUT2D eigenvalue weighted by atomic mass is 10.1. The van der Waals surface area contributed by atoms with Crippen LogP contribution in [0, 0.1) is 10.1 Å². The molecule has 0 unspecified atom stereocenters. The Labute approximate surface area is 97.8 Å². The van der Waals surface area contributed by atoms with Crippen molar-refractivity contribution in [3.8, 4) is 17.0 Å². The van der Waals surface area contributed by atoms with Gasteiger partial charge in [-0.05, 0) is 17.7 Å². The molecule has 1 heterocycles. The number of aromatic nitrogens is 1. The number of ether oxygens (including phenoxy) is 1. The first-order chi connectivity index (χ1) is 8.22. The number of hydrogen-bond acceptors (Lipinski definition) is 4. The molecule has 0 fully saturated rings. The largest absolute Gasteiger partial charge is 0.481 e. The molecular weight excluding hydrogens is 220 g/mol. The van der Waals surface area contributed by atoms with Crippen molar-refractivity contribution in [2.24, 2.45) is 0 Å². The van der Waals surface area contributed by atoms with E-state index in [0.717, 1.165) is 5.56 Å². The fraction of sp³-hybridized carbons (Fsp3) is 0.0833. The van der Waals surface area contributed by atoms with Crippen LogP contribution in [0.25, 0.3) is 11.1 Å². The van der Waals surface area contributed by atoms with E-state index in [2.05, 4.69) is 4.98 Å². The van der Waals surface area contributed by atoms with Gasteiger partial charge in [-0.1, -0.05) is 12.1 Å². The zero-order chi connectivity index (χ0) is 12.3. The SMILES string of the molecule is COc1ncccc1-c1cccc([N+](=O)[O-])c1. The van der Waals surface area contributed by atoms with Gasteiger partial charge in [0, 0.05) is 23.9 Å². The predicted molar refractivity (Wildman–Crippen MR) is 62.9 cm³/mol. The molecule has 2 aromatic rings. The van der Waals surface area contributed by atoms with Crippen molar-refractivity contribution < 1.29 is 9.66 Å². The van der Waals surface area contributed by atoms with Crippen LogP contribution in [0.4, 0.5) is 5.69 Å². The molecule has 0 N–H and O–H groups in total. The second kappa shape index (κ2) is 4.61. The van der Waals surface area contributed by atoms with Crippen LogP contribution in [0.5, 0.6) is 5.88 Å². The Balaban J connectivity index is 2.52. The number of methoxy groups -OCH3 is 1. The number of nitrogens with zero attached hydrogens (tertiary/aromatic N) is 2. The number of nitro groups is 1. The van der Waals surface area contributed by atoms with Crippen LogP contribution in [0.15, 0.2) is 42.6 Å². The van der Waals surface area contributed by atoms with Crippen LogP contribution in [0.2, 0.25) is 0 Å². The van der Waals surface area contributed by atoms with Crippen molar-refractivity contribution in [3.05, 3.63) is 52.7 Å². The van der Waals surface area contributed by atoms with Crippen LogP contribution in [0.1, 0.15) is 0 Å². The van der Waals surface area contributed by atoms with E-state index < -0.39 is 4.92 Å². The molecule has 0 spiro atoms. The number of pyridine rings is 1. The first kappa shape index (κ1) is 11.1. The van der Waals surface area contributed by atoms with E-state index in [1.807, 2.05) is 6.07 Å². The molecule has 0 aliphatic rings. The minimum absolute atomic E-state index is 0.0495. The van der Waals surface area contributed by atoms with Crippen molar-refractivity contribution in [3.63, 3.8) is 0 Å². The number of rotatable bonds is 3. The van der Waals surface area contributed by atoms with E-state index in [4.69, 9.17) is 4.74 Å². The van der Waals surface area contributed by atoms with Gasteiger partial charge in [0.15, 0.2) is 0 Å². The van der Waals surface area contributed by atoms with Crippen molar-refractivity contribution >= 4 is 5.69 Å². The third kappa shape index (κ3) is 2.23. The van der Waals surface area contributed by atoms with Gasteiger partial charge in [0.05, 0.1) is 12.0 Å². The van der Waals surface area contributed by atoms with Gasteiger partial charge in [0.2, 0.25) is 5.88 Å². The van der Waals surface area contributed by atoms with Crippen LogP contribution >= 0.6 is 0 Å². The predicted octanol–water partition coefficient (Wildman–Crippen LogP) is 2.67. The number of non-ortho nitro benzene ring substituents is 1. The molecular formula is C12H10N2O3. The second-order valence-corrected chi connectivity index (χ2v) is 3.37. The van der Waals surface area contributed by atoms with E-state index in [1.54, 1.807) is 24.4 Å². The van der Waals surface area contributed by atoms with E-state index >= 15 is 0 Å². The van der Waals surface area contributed by atoms with Gasteiger partial charge in [0.25, 0.3) is 5.69 Å². The molecule has 0 saturated carbocycles. The fourth-order valence-electron chi connectivity index (χ4n) is 1.56. The molecule has 17 heavy (non-hydrogen) atoms. The average Bonchev–Trinajstić information content (AvgIpc) is 2.39. The molecule has 0 aliphatic carbocycles. The smallest absolute Gasteiger partial charge is 0.270 e. The summed E-state index contributed by atoms with van der Waals surface area (Å²) in [6.45, 7) is 0. The topological polar surface area (TPSA) is 65.3 Å². The molecule has 5 nitrogen and oxygen atoms in total. The summed E-state index contributed by atoms with van der Waals surface area (Å²) in [4.78, 5) is 14.3. The standard InChI is InChI=1S/C12H10N2O3/c1-17-12-11(6-3-7-13-12)9-4-2-5-10(8-9)14(15)16/h2-8H,1H3. The van der Waals surface area contributed by atoms with Crippen molar-refractivity contribution in [1.82, 2.24) is 4.98 Å². The minimum Gasteiger partial charge on any atom is -0.481 e. The Morgan fingerprint density at radius 1 is 1.29 bits per heavy atom. The average molecular weight is 230 g/mol. The maximum absolute atomic E-state index is 10.7. The summed E-state index contributed by atoms with van der Waals surface area (Å²) >= 11 is 0. The van der Waals surface area contributed by atoms with Gasteiger partial charge in [-0.15, -0.1) is 0 Å². The van der Waals surface area contributed by atoms with Crippen LogP contribution < -0.4 is 4.74 Å².